The third kappa shape index (κ3) is 3.17. The zero-order valence-corrected chi connectivity index (χ0v) is 15.9. The van der Waals surface area contributed by atoms with Crippen molar-refractivity contribution >= 4 is 32.7 Å². The quantitative estimate of drug-likeness (QED) is 0.702. The van der Waals surface area contributed by atoms with E-state index in [1.807, 2.05) is 36.4 Å². The Bertz CT molecular complexity index is 930. The second-order valence-corrected chi connectivity index (χ2v) is 7.80. The maximum absolute atomic E-state index is 12.8. The normalized spacial score (nSPS) is 14.6. The standard InChI is InChI=1S/C20H22N4OS/c1-23(2)19(25)15-13-16(14-9-5-3-6-10-14)21-18-17(15)26-20(22-18)24-11-7-4-8-12-24/h3,5-6,9-10,13H,4,7-8,11-12H2,1-2H3. The van der Waals surface area contributed by atoms with Gasteiger partial charge in [-0.15, -0.1) is 0 Å². The molecule has 1 aromatic carbocycles. The maximum Gasteiger partial charge on any atom is 0.254 e. The first-order chi connectivity index (χ1) is 12.6. The van der Waals surface area contributed by atoms with E-state index in [2.05, 4.69) is 4.90 Å². The largest absolute Gasteiger partial charge is 0.348 e. The predicted molar refractivity (Wildman–Crippen MR) is 107 cm³/mol. The average molecular weight is 366 g/mol. The fourth-order valence-electron chi connectivity index (χ4n) is 3.28. The molecule has 0 spiro atoms. The molecule has 3 heterocycles. The van der Waals surface area contributed by atoms with Crippen molar-refractivity contribution < 1.29 is 4.79 Å². The number of carbonyl (C=O) groups is 1. The van der Waals surface area contributed by atoms with Gasteiger partial charge in [0.1, 0.15) is 0 Å². The summed E-state index contributed by atoms with van der Waals surface area (Å²) in [6.07, 6.45) is 3.67. The Hall–Kier alpha value is -2.47. The first kappa shape index (κ1) is 17.0. The Labute approximate surface area is 157 Å². The van der Waals surface area contributed by atoms with Crippen LogP contribution in [0.3, 0.4) is 0 Å². The summed E-state index contributed by atoms with van der Waals surface area (Å²) in [4.78, 5) is 26.3. The van der Waals surface area contributed by atoms with E-state index >= 15 is 0 Å². The average Bonchev–Trinajstić information content (AvgIpc) is 3.12. The van der Waals surface area contributed by atoms with Crippen molar-refractivity contribution in [1.82, 2.24) is 14.9 Å². The summed E-state index contributed by atoms with van der Waals surface area (Å²) in [5.41, 5.74) is 3.13. The van der Waals surface area contributed by atoms with Crippen LogP contribution < -0.4 is 4.90 Å². The highest BCUT2D eigenvalue weighted by Gasteiger charge is 2.22. The topological polar surface area (TPSA) is 49.3 Å². The van der Waals surface area contributed by atoms with Crippen molar-refractivity contribution in [2.24, 2.45) is 0 Å². The number of carbonyl (C=O) groups excluding carboxylic acids is 1. The lowest BCUT2D eigenvalue weighted by molar-refractivity contribution is 0.0829. The third-order valence-electron chi connectivity index (χ3n) is 4.68. The van der Waals surface area contributed by atoms with Crippen molar-refractivity contribution in [2.75, 3.05) is 32.1 Å². The van der Waals surface area contributed by atoms with Crippen LogP contribution in [0.1, 0.15) is 29.6 Å². The molecule has 0 bridgehead atoms. The van der Waals surface area contributed by atoms with E-state index in [-0.39, 0.29) is 5.91 Å². The van der Waals surface area contributed by atoms with Gasteiger partial charge in [-0.05, 0) is 25.3 Å². The Morgan fingerprint density at radius 3 is 2.50 bits per heavy atom. The van der Waals surface area contributed by atoms with E-state index < -0.39 is 0 Å². The number of aromatic nitrogens is 2. The maximum atomic E-state index is 12.8. The van der Waals surface area contributed by atoms with Crippen LogP contribution in [-0.2, 0) is 0 Å². The second kappa shape index (κ2) is 7.03. The SMILES string of the molecule is CN(C)C(=O)c1cc(-c2ccccc2)nc2nc(N3CCCCC3)sc12. The molecule has 0 radical (unpaired) electrons. The Morgan fingerprint density at radius 2 is 1.81 bits per heavy atom. The van der Waals surface area contributed by atoms with Crippen LogP contribution >= 0.6 is 11.3 Å². The number of fused-ring (bicyclic) bond motifs is 1. The van der Waals surface area contributed by atoms with Gasteiger partial charge in [-0.25, -0.2) is 4.98 Å². The zero-order valence-electron chi connectivity index (χ0n) is 15.1. The van der Waals surface area contributed by atoms with E-state index in [1.165, 1.54) is 19.3 Å². The van der Waals surface area contributed by atoms with Crippen LogP contribution in [0.2, 0.25) is 0 Å². The van der Waals surface area contributed by atoms with Crippen LogP contribution in [0.15, 0.2) is 36.4 Å². The van der Waals surface area contributed by atoms with Crippen molar-refractivity contribution in [3.05, 3.63) is 42.0 Å². The van der Waals surface area contributed by atoms with Gasteiger partial charge >= 0.3 is 0 Å². The minimum absolute atomic E-state index is 0.0107. The second-order valence-electron chi connectivity index (χ2n) is 6.82. The molecule has 1 amide bonds. The number of hydrogen-bond acceptors (Lipinski definition) is 5. The third-order valence-corrected chi connectivity index (χ3v) is 5.82. The Balaban J connectivity index is 1.86. The van der Waals surface area contributed by atoms with Gasteiger partial charge < -0.3 is 9.80 Å². The molecule has 6 heteroatoms. The summed E-state index contributed by atoms with van der Waals surface area (Å²) in [5, 5.41) is 0.977. The molecule has 3 aromatic rings. The molecule has 0 N–H and O–H groups in total. The number of thiazole rings is 1. The number of anilines is 1. The summed E-state index contributed by atoms with van der Waals surface area (Å²) in [7, 11) is 3.56. The van der Waals surface area contributed by atoms with Gasteiger partial charge in [-0.2, -0.15) is 4.98 Å². The van der Waals surface area contributed by atoms with Crippen molar-refractivity contribution in [3.63, 3.8) is 0 Å². The monoisotopic (exact) mass is 366 g/mol. The zero-order chi connectivity index (χ0) is 18.1. The highest BCUT2D eigenvalue weighted by Crippen LogP contribution is 2.34. The highest BCUT2D eigenvalue weighted by molar-refractivity contribution is 7.22. The van der Waals surface area contributed by atoms with Crippen LogP contribution in [0.4, 0.5) is 5.13 Å². The van der Waals surface area contributed by atoms with E-state index in [0.29, 0.717) is 11.2 Å². The molecule has 134 valence electrons. The summed E-state index contributed by atoms with van der Waals surface area (Å²) in [6.45, 7) is 2.06. The number of pyridine rings is 1. The van der Waals surface area contributed by atoms with Gasteiger partial charge in [0, 0.05) is 32.7 Å². The summed E-state index contributed by atoms with van der Waals surface area (Å²) in [6, 6.07) is 11.9. The number of piperidine rings is 1. The van der Waals surface area contributed by atoms with Crippen LogP contribution in [-0.4, -0.2) is 48.0 Å². The van der Waals surface area contributed by atoms with Gasteiger partial charge in [0.05, 0.1) is 16.0 Å². The lowest BCUT2D eigenvalue weighted by atomic mass is 10.1. The molecule has 2 aromatic heterocycles. The van der Waals surface area contributed by atoms with Crippen LogP contribution in [0.5, 0.6) is 0 Å². The molecule has 1 aliphatic heterocycles. The molecule has 1 saturated heterocycles. The number of rotatable bonds is 3. The predicted octanol–water partition coefficient (Wildman–Crippen LogP) is 4.05. The van der Waals surface area contributed by atoms with Crippen molar-refractivity contribution in [1.29, 1.82) is 0 Å². The number of benzene rings is 1. The molecular weight excluding hydrogens is 344 g/mol. The van der Waals surface area contributed by atoms with Gasteiger partial charge in [0.2, 0.25) is 0 Å². The molecule has 5 nitrogen and oxygen atoms in total. The van der Waals surface area contributed by atoms with Crippen LogP contribution in [0, 0.1) is 0 Å². The minimum Gasteiger partial charge on any atom is -0.348 e. The molecule has 0 aliphatic carbocycles. The molecular formula is C20H22N4OS. The summed E-state index contributed by atoms with van der Waals surface area (Å²) < 4.78 is 0.879. The molecule has 0 atom stereocenters. The van der Waals surface area contributed by atoms with Gasteiger partial charge in [0.25, 0.3) is 5.91 Å². The van der Waals surface area contributed by atoms with Crippen molar-refractivity contribution in [3.8, 4) is 11.3 Å². The van der Waals surface area contributed by atoms with Gasteiger partial charge in [0.15, 0.2) is 10.8 Å². The molecule has 4 rings (SSSR count). The van der Waals surface area contributed by atoms with E-state index in [1.54, 1.807) is 30.3 Å². The van der Waals surface area contributed by atoms with E-state index in [4.69, 9.17) is 9.97 Å². The van der Waals surface area contributed by atoms with E-state index in [0.717, 1.165) is 34.2 Å². The number of nitrogens with zero attached hydrogens (tertiary/aromatic N) is 4. The molecule has 1 fully saturated rings. The molecule has 26 heavy (non-hydrogen) atoms. The van der Waals surface area contributed by atoms with Crippen LogP contribution in [0.25, 0.3) is 21.6 Å². The fourth-order valence-corrected chi connectivity index (χ4v) is 4.34. The lowest BCUT2D eigenvalue weighted by Crippen LogP contribution is -2.29. The Morgan fingerprint density at radius 1 is 1.08 bits per heavy atom. The van der Waals surface area contributed by atoms with Gasteiger partial charge in [-0.1, -0.05) is 41.7 Å². The fraction of sp³-hybridized carbons (Fsp3) is 0.350. The first-order valence-electron chi connectivity index (χ1n) is 8.97. The highest BCUT2D eigenvalue weighted by atomic mass is 32.1. The minimum atomic E-state index is -0.0107. The lowest BCUT2D eigenvalue weighted by Gasteiger charge is -2.25. The molecule has 0 saturated carbocycles. The Kier molecular flexibility index (Phi) is 4.59. The molecule has 1 aliphatic rings. The van der Waals surface area contributed by atoms with E-state index in [9.17, 15) is 4.79 Å². The molecule has 0 unspecified atom stereocenters. The summed E-state index contributed by atoms with van der Waals surface area (Å²) >= 11 is 1.58. The van der Waals surface area contributed by atoms with Gasteiger partial charge in [-0.3, -0.25) is 4.79 Å². The first-order valence-corrected chi connectivity index (χ1v) is 9.79. The van der Waals surface area contributed by atoms with Crippen molar-refractivity contribution in [2.45, 2.75) is 19.3 Å². The number of hydrogen-bond donors (Lipinski definition) is 0. The number of amides is 1. The smallest absolute Gasteiger partial charge is 0.254 e. The summed E-state index contributed by atoms with van der Waals surface area (Å²) in [5.74, 6) is -0.0107.